The number of hydrogen-bond acceptors (Lipinski definition) is 5. The van der Waals surface area contributed by atoms with Crippen LogP contribution in [0.3, 0.4) is 0 Å². The molecule has 0 saturated carbocycles. The van der Waals surface area contributed by atoms with Crippen LogP contribution < -0.4 is 16.0 Å². The number of carbonyl (C=O) groups is 1. The van der Waals surface area contributed by atoms with Crippen molar-refractivity contribution >= 4 is 11.7 Å². The summed E-state index contributed by atoms with van der Waals surface area (Å²) in [5.41, 5.74) is 6.71. The Morgan fingerprint density at radius 3 is 3.25 bits per heavy atom. The summed E-state index contributed by atoms with van der Waals surface area (Å²) in [5, 5.41) is 2.92. The Labute approximate surface area is 119 Å². The highest BCUT2D eigenvalue weighted by atomic mass is 16.5. The van der Waals surface area contributed by atoms with Crippen molar-refractivity contribution in [1.82, 2.24) is 10.3 Å². The number of ether oxygens (including phenoxy) is 1. The van der Waals surface area contributed by atoms with Crippen LogP contribution in [0.4, 0.5) is 5.82 Å². The van der Waals surface area contributed by atoms with E-state index in [1.807, 2.05) is 24.0 Å². The number of carbonyl (C=O) groups excluding carboxylic acids is 1. The maximum atomic E-state index is 12.2. The number of nitrogens with zero attached hydrogens (tertiary/aromatic N) is 2. The predicted octanol–water partition coefficient (Wildman–Crippen LogP) is 0.272. The Morgan fingerprint density at radius 2 is 2.50 bits per heavy atom. The molecule has 2 rings (SSSR count). The second-order valence-corrected chi connectivity index (χ2v) is 4.77. The number of nitrogens with two attached hydrogens (primary N) is 1. The molecule has 6 heteroatoms. The highest BCUT2D eigenvalue weighted by molar-refractivity contribution is 5.85. The highest BCUT2D eigenvalue weighted by Crippen LogP contribution is 2.21. The van der Waals surface area contributed by atoms with E-state index in [1.165, 1.54) is 0 Å². The molecule has 1 atom stereocenters. The molecule has 0 bridgehead atoms. The van der Waals surface area contributed by atoms with E-state index < -0.39 is 0 Å². The molecule has 1 saturated heterocycles. The summed E-state index contributed by atoms with van der Waals surface area (Å²) < 4.78 is 5.45. The van der Waals surface area contributed by atoms with Gasteiger partial charge in [0, 0.05) is 31.4 Å². The molecule has 0 radical (unpaired) electrons. The molecular formula is C14H22N4O2. The number of pyridine rings is 1. The lowest BCUT2D eigenvalue weighted by molar-refractivity contribution is -0.124. The summed E-state index contributed by atoms with van der Waals surface area (Å²) in [7, 11) is 0. The zero-order valence-electron chi connectivity index (χ0n) is 11.8. The van der Waals surface area contributed by atoms with Crippen molar-refractivity contribution in [1.29, 1.82) is 0 Å². The van der Waals surface area contributed by atoms with Crippen LogP contribution in [-0.4, -0.2) is 43.2 Å². The summed E-state index contributed by atoms with van der Waals surface area (Å²) in [6.07, 6.45) is 2.64. The first-order valence-electron chi connectivity index (χ1n) is 7.04. The van der Waals surface area contributed by atoms with Crippen LogP contribution in [0.2, 0.25) is 0 Å². The third-order valence-corrected chi connectivity index (χ3v) is 3.34. The van der Waals surface area contributed by atoms with Gasteiger partial charge in [-0.2, -0.15) is 0 Å². The third kappa shape index (κ3) is 3.26. The van der Waals surface area contributed by atoms with Crippen LogP contribution >= 0.6 is 0 Å². The molecular weight excluding hydrogens is 256 g/mol. The van der Waals surface area contributed by atoms with Crippen molar-refractivity contribution in [2.24, 2.45) is 5.73 Å². The summed E-state index contributed by atoms with van der Waals surface area (Å²) in [5.74, 6) is 0.773. The molecule has 20 heavy (non-hydrogen) atoms. The molecule has 1 amide bonds. The van der Waals surface area contributed by atoms with Gasteiger partial charge in [0.2, 0.25) is 5.91 Å². The lowest BCUT2D eigenvalue weighted by Gasteiger charge is -2.36. The van der Waals surface area contributed by atoms with Crippen molar-refractivity contribution in [2.75, 3.05) is 31.2 Å². The number of hydrogen-bond donors (Lipinski definition) is 2. The fourth-order valence-corrected chi connectivity index (χ4v) is 2.29. The quantitative estimate of drug-likeness (QED) is 0.808. The van der Waals surface area contributed by atoms with Gasteiger partial charge < -0.3 is 20.7 Å². The van der Waals surface area contributed by atoms with Crippen molar-refractivity contribution in [3.63, 3.8) is 0 Å². The smallest absolute Gasteiger partial charge is 0.245 e. The summed E-state index contributed by atoms with van der Waals surface area (Å²) >= 11 is 0. The van der Waals surface area contributed by atoms with E-state index in [9.17, 15) is 4.79 Å². The van der Waals surface area contributed by atoms with E-state index >= 15 is 0 Å². The SMILES string of the molecule is CCCNC(=O)C1COCCN1c1ncccc1CN. The van der Waals surface area contributed by atoms with Crippen LogP contribution in [0.25, 0.3) is 0 Å². The molecule has 1 aliphatic rings. The molecule has 6 nitrogen and oxygen atoms in total. The normalized spacial score (nSPS) is 18.9. The average Bonchev–Trinajstić information content (AvgIpc) is 2.52. The molecule has 3 N–H and O–H groups in total. The standard InChI is InChI=1S/C14H22N4O2/c1-2-5-17-14(19)12-10-20-8-7-18(12)13-11(9-15)4-3-6-16-13/h3-4,6,12H,2,5,7-10,15H2,1H3,(H,17,19). The third-order valence-electron chi connectivity index (χ3n) is 3.34. The van der Waals surface area contributed by atoms with Gasteiger partial charge in [0.15, 0.2) is 0 Å². The Bertz CT molecular complexity index is 453. The minimum Gasteiger partial charge on any atom is -0.377 e. The second-order valence-electron chi connectivity index (χ2n) is 4.77. The van der Waals surface area contributed by atoms with Crippen molar-refractivity contribution in [3.8, 4) is 0 Å². The molecule has 0 aromatic carbocycles. The monoisotopic (exact) mass is 278 g/mol. The van der Waals surface area contributed by atoms with Gasteiger partial charge in [0.1, 0.15) is 11.9 Å². The molecule has 2 heterocycles. The Balaban J connectivity index is 2.20. The van der Waals surface area contributed by atoms with Gasteiger partial charge >= 0.3 is 0 Å². The largest absolute Gasteiger partial charge is 0.377 e. The molecule has 0 spiro atoms. The Kier molecular flexibility index (Phi) is 5.31. The molecule has 1 aromatic heterocycles. The number of anilines is 1. The molecule has 0 aliphatic carbocycles. The molecule has 1 aliphatic heterocycles. The highest BCUT2D eigenvalue weighted by Gasteiger charge is 2.31. The van der Waals surface area contributed by atoms with Crippen LogP contribution in [0.5, 0.6) is 0 Å². The van der Waals surface area contributed by atoms with Crippen LogP contribution in [0.1, 0.15) is 18.9 Å². The van der Waals surface area contributed by atoms with Crippen LogP contribution in [0.15, 0.2) is 18.3 Å². The zero-order chi connectivity index (χ0) is 14.4. The van der Waals surface area contributed by atoms with E-state index in [-0.39, 0.29) is 11.9 Å². The lowest BCUT2D eigenvalue weighted by atomic mass is 10.1. The number of amides is 1. The number of aromatic nitrogens is 1. The van der Waals surface area contributed by atoms with Gasteiger partial charge in [-0.3, -0.25) is 4.79 Å². The van der Waals surface area contributed by atoms with Crippen molar-refractivity contribution in [3.05, 3.63) is 23.9 Å². The summed E-state index contributed by atoms with van der Waals surface area (Å²) in [4.78, 5) is 18.6. The summed E-state index contributed by atoms with van der Waals surface area (Å²) in [6, 6.07) is 3.47. The van der Waals surface area contributed by atoms with Gasteiger partial charge in [-0.05, 0) is 12.5 Å². The van der Waals surface area contributed by atoms with E-state index in [4.69, 9.17) is 10.5 Å². The van der Waals surface area contributed by atoms with E-state index in [2.05, 4.69) is 10.3 Å². The van der Waals surface area contributed by atoms with Gasteiger partial charge in [-0.15, -0.1) is 0 Å². The van der Waals surface area contributed by atoms with Crippen molar-refractivity contribution < 1.29 is 9.53 Å². The first-order chi connectivity index (χ1) is 9.77. The predicted molar refractivity (Wildman–Crippen MR) is 77.4 cm³/mol. The molecule has 1 fully saturated rings. The summed E-state index contributed by atoms with van der Waals surface area (Å²) in [6.45, 7) is 4.74. The Morgan fingerprint density at radius 1 is 1.65 bits per heavy atom. The van der Waals surface area contributed by atoms with Crippen molar-refractivity contribution in [2.45, 2.75) is 25.9 Å². The van der Waals surface area contributed by atoms with Gasteiger partial charge in [0.25, 0.3) is 0 Å². The maximum absolute atomic E-state index is 12.2. The molecule has 110 valence electrons. The van der Waals surface area contributed by atoms with E-state index in [1.54, 1.807) is 6.20 Å². The average molecular weight is 278 g/mol. The van der Waals surface area contributed by atoms with E-state index in [0.29, 0.717) is 32.8 Å². The lowest BCUT2D eigenvalue weighted by Crippen LogP contribution is -2.54. The zero-order valence-corrected chi connectivity index (χ0v) is 11.8. The minimum absolute atomic E-state index is 0.0137. The fraction of sp³-hybridized carbons (Fsp3) is 0.571. The van der Waals surface area contributed by atoms with Gasteiger partial charge in [-0.25, -0.2) is 4.98 Å². The van der Waals surface area contributed by atoms with Gasteiger partial charge in [0.05, 0.1) is 13.2 Å². The van der Waals surface area contributed by atoms with E-state index in [0.717, 1.165) is 17.8 Å². The topological polar surface area (TPSA) is 80.5 Å². The number of nitrogens with one attached hydrogen (secondary N) is 1. The minimum atomic E-state index is -0.338. The fourth-order valence-electron chi connectivity index (χ4n) is 2.29. The Hall–Kier alpha value is -1.66. The van der Waals surface area contributed by atoms with Crippen LogP contribution in [0, 0.1) is 0 Å². The molecule has 1 unspecified atom stereocenters. The molecule has 1 aromatic rings. The number of morpholine rings is 1. The second kappa shape index (κ2) is 7.21. The number of rotatable bonds is 5. The first kappa shape index (κ1) is 14.7. The van der Waals surface area contributed by atoms with Gasteiger partial charge in [-0.1, -0.05) is 13.0 Å². The first-order valence-corrected chi connectivity index (χ1v) is 7.04. The van der Waals surface area contributed by atoms with Crippen LogP contribution in [-0.2, 0) is 16.1 Å². The maximum Gasteiger partial charge on any atom is 0.245 e.